The highest BCUT2D eigenvalue weighted by Gasteiger charge is 2.34. The Morgan fingerprint density at radius 1 is 1.36 bits per heavy atom. The Morgan fingerprint density at radius 2 is 2.14 bits per heavy atom. The highest BCUT2D eigenvalue weighted by molar-refractivity contribution is 7.12. The van der Waals surface area contributed by atoms with E-state index in [1.165, 1.54) is 4.88 Å². The van der Waals surface area contributed by atoms with Crippen LogP contribution < -0.4 is 0 Å². The van der Waals surface area contributed by atoms with Crippen molar-refractivity contribution in [2.75, 3.05) is 20.1 Å². The first kappa shape index (κ1) is 15.4. The first-order valence-electron chi connectivity index (χ1n) is 7.34. The molecule has 0 fully saturated rings. The molecule has 0 aliphatic carbocycles. The van der Waals surface area contributed by atoms with E-state index in [4.69, 9.17) is 0 Å². The minimum Gasteiger partial charge on any atom is -0.298 e. The summed E-state index contributed by atoms with van der Waals surface area (Å²) in [5, 5.41) is 10.4. The van der Waals surface area contributed by atoms with Crippen molar-refractivity contribution in [1.82, 2.24) is 9.91 Å². The standard InChI is InChI=1S/C16H19N3OS2/c1-3-18(2)11-16(20)19-13(15-7-5-9-22-15)10-12(17-19)14-6-4-8-21-14/h4-9,13H,3,10-11H2,1-2H3. The number of carbonyl (C=O) groups is 1. The molecule has 0 radical (unpaired) electrons. The van der Waals surface area contributed by atoms with Crippen LogP contribution >= 0.6 is 22.7 Å². The van der Waals surface area contributed by atoms with Crippen LogP contribution in [0.25, 0.3) is 0 Å². The maximum Gasteiger partial charge on any atom is 0.257 e. The molecule has 0 saturated carbocycles. The summed E-state index contributed by atoms with van der Waals surface area (Å²) >= 11 is 3.36. The second-order valence-electron chi connectivity index (χ2n) is 5.33. The Bertz CT molecular complexity index is 649. The third-order valence-electron chi connectivity index (χ3n) is 3.79. The lowest BCUT2D eigenvalue weighted by Crippen LogP contribution is -2.36. The molecule has 22 heavy (non-hydrogen) atoms. The molecule has 4 nitrogen and oxygen atoms in total. The number of rotatable bonds is 5. The van der Waals surface area contributed by atoms with Crippen LogP contribution in [0.5, 0.6) is 0 Å². The smallest absolute Gasteiger partial charge is 0.257 e. The van der Waals surface area contributed by atoms with Crippen molar-refractivity contribution >= 4 is 34.3 Å². The van der Waals surface area contributed by atoms with Crippen molar-refractivity contribution < 1.29 is 4.79 Å². The molecule has 1 aliphatic heterocycles. The molecule has 2 aromatic heterocycles. The van der Waals surface area contributed by atoms with Crippen molar-refractivity contribution in [3.63, 3.8) is 0 Å². The second-order valence-corrected chi connectivity index (χ2v) is 7.26. The van der Waals surface area contributed by atoms with Gasteiger partial charge in [0.1, 0.15) is 0 Å². The highest BCUT2D eigenvalue weighted by Crippen LogP contribution is 2.35. The van der Waals surface area contributed by atoms with Gasteiger partial charge in [-0.1, -0.05) is 19.1 Å². The first-order valence-corrected chi connectivity index (χ1v) is 9.10. The van der Waals surface area contributed by atoms with Crippen LogP contribution in [-0.2, 0) is 4.79 Å². The summed E-state index contributed by atoms with van der Waals surface area (Å²) in [6.45, 7) is 3.30. The lowest BCUT2D eigenvalue weighted by Gasteiger charge is -2.23. The molecule has 1 atom stereocenters. The molecule has 0 N–H and O–H groups in total. The third kappa shape index (κ3) is 3.14. The summed E-state index contributed by atoms with van der Waals surface area (Å²) in [7, 11) is 1.96. The van der Waals surface area contributed by atoms with Crippen LogP contribution in [0.4, 0.5) is 0 Å². The number of amides is 1. The molecule has 0 aromatic carbocycles. The maximum atomic E-state index is 12.6. The van der Waals surface area contributed by atoms with Crippen LogP contribution in [0.1, 0.15) is 29.1 Å². The Labute approximate surface area is 138 Å². The number of nitrogens with zero attached hydrogens (tertiary/aromatic N) is 3. The van der Waals surface area contributed by atoms with Gasteiger partial charge < -0.3 is 0 Å². The van der Waals surface area contributed by atoms with Crippen LogP contribution in [0, 0.1) is 0 Å². The summed E-state index contributed by atoms with van der Waals surface area (Å²) < 4.78 is 0. The van der Waals surface area contributed by atoms with E-state index in [0.717, 1.165) is 23.6 Å². The molecule has 0 bridgehead atoms. The van der Waals surface area contributed by atoms with Crippen molar-refractivity contribution in [3.8, 4) is 0 Å². The van der Waals surface area contributed by atoms with Crippen LogP contribution in [0.15, 0.2) is 40.1 Å². The first-order chi connectivity index (χ1) is 10.7. The van der Waals surface area contributed by atoms with Crippen LogP contribution in [-0.4, -0.2) is 41.7 Å². The Balaban J connectivity index is 1.86. The van der Waals surface area contributed by atoms with Gasteiger partial charge in [-0.2, -0.15) is 5.10 Å². The van der Waals surface area contributed by atoms with Gasteiger partial charge in [0, 0.05) is 11.3 Å². The Kier molecular flexibility index (Phi) is 4.71. The van der Waals surface area contributed by atoms with Crippen LogP contribution in [0.2, 0.25) is 0 Å². The average molecular weight is 333 g/mol. The van der Waals surface area contributed by atoms with E-state index >= 15 is 0 Å². The van der Waals surface area contributed by atoms with Gasteiger partial charge in [0.05, 0.1) is 23.2 Å². The number of hydrogen-bond acceptors (Lipinski definition) is 5. The normalized spacial score (nSPS) is 18.0. The maximum absolute atomic E-state index is 12.6. The summed E-state index contributed by atoms with van der Waals surface area (Å²) in [5.74, 6) is 0.0642. The van der Waals surface area contributed by atoms with Crippen LogP contribution in [0.3, 0.4) is 0 Å². The quantitative estimate of drug-likeness (QED) is 0.840. The second kappa shape index (κ2) is 6.73. The molecule has 116 valence electrons. The van der Waals surface area contributed by atoms with Gasteiger partial charge >= 0.3 is 0 Å². The molecule has 0 spiro atoms. The number of thiophene rings is 2. The van der Waals surface area contributed by atoms with E-state index in [0.29, 0.717) is 6.54 Å². The monoisotopic (exact) mass is 333 g/mol. The van der Waals surface area contributed by atoms with E-state index in [2.05, 4.69) is 22.6 Å². The average Bonchev–Trinajstić information content (AvgIpc) is 3.24. The summed E-state index contributed by atoms with van der Waals surface area (Å²) in [6, 6.07) is 8.25. The van der Waals surface area contributed by atoms with Gasteiger partial charge in [-0.25, -0.2) is 5.01 Å². The summed E-state index contributed by atoms with van der Waals surface area (Å²) in [5.41, 5.74) is 1.01. The van der Waals surface area contributed by atoms with Crippen molar-refractivity contribution in [2.24, 2.45) is 5.10 Å². The lowest BCUT2D eigenvalue weighted by atomic mass is 10.1. The SMILES string of the molecule is CCN(C)CC(=O)N1N=C(c2cccs2)CC1c1cccs1. The number of hydrazone groups is 1. The van der Waals surface area contributed by atoms with Crippen molar-refractivity contribution in [1.29, 1.82) is 0 Å². The van der Waals surface area contributed by atoms with Gasteiger partial charge in [0.15, 0.2) is 0 Å². The molecular formula is C16H19N3OS2. The molecule has 3 heterocycles. The molecule has 2 aromatic rings. The fraction of sp³-hybridized carbons (Fsp3) is 0.375. The van der Waals surface area contributed by atoms with E-state index in [-0.39, 0.29) is 11.9 Å². The zero-order valence-corrected chi connectivity index (χ0v) is 14.4. The predicted octanol–water partition coefficient (Wildman–Crippen LogP) is 3.44. The van der Waals surface area contributed by atoms with Gasteiger partial charge in [-0.15, -0.1) is 22.7 Å². The number of likely N-dealkylation sites (N-methyl/N-ethyl adjacent to an activating group) is 1. The zero-order chi connectivity index (χ0) is 15.5. The highest BCUT2D eigenvalue weighted by atomic mass is 32.1. The molecule has 0 saturated heterocycles. The van der Waals surface area contributed by atoms with E-state index in [1.807, 2.05) is 36.4 Å². The molecule has 1 aliphatic rings. The number of hydrogen-bond donors (Lipinski definition) is 0. The fourth-order valence-electron chi connectivity index (χ4n) is 2.45. The predicted molar refractivity (Wildman–Crippen MR) is 92.6 cm³/mol. The van der Waals surface area contributed by atoms with Gasteiger partial charge in [-0.05, 0) is 36.5 Å². The lowest BCUT2D eigenvalue weighted by molar-refractivity contribution is -0.133. The topological polar surface area (TPSA) is 35.9 Å². The molecule has 6 heteroatoms. The Morgan fingerprint density at radius 3 is 2.77 bits per heavy atom. The Hall–Kier alpha value is -1.50. The molecular weight excluding hydrogens is 314 g/mol. The minimum atomic E-state index is 0.0369. The third-order valence-corrected chi connectivity index (χ3v) is 5.68. The number of carbonyl (C=O) groups excluding carboxylic acids is 1. The zero-order valence-electron chi connectivity index (χ0n) is 12.7. The van der Waals surface area contributed by atoms with Gasteiger partial charge in [0.2, 0.25) is 0 Å². The summed E-state index contributed by atoms with van der Waals surface area (Å²) in [6.07, 6.45) is 0.794. The van der Waals surface area contributed by atoms with E-state index < -0.39 is 0 Å². The summed E-state index contributed by atoms with van der Waals surface area (Å²) in [4.78, 5) is 17.0. The van der Waals surface area contributed by atoms with E-state index in [1.54, 1.807) is 27.7 Å². The largest absolute Gasteiger partial charge is 0.298 e. The fourth-order valence-corrected chi connectivity index (χ4v) is 3.98. The molecule has 1 unspecified atom stereocenters. The van der Waals surface area contributed by atoms with Gasteiger partial charge in [0.25, 0.3) is 5.91 Å². The molecule has 3 rings (SSSR count). The van der Waals surface area contributed by atoms with E-state index in [9.17, 15) is 4.79 Å². The van der Waals surface area contributed by atoms with Crippen molar-refractivity contribution in [3.05, 3.63) is 44.8 Å². The minimum absolute atomic E-state index is 0.0369. The molecule has 1 amide bonds. The van der Waals surface area contributed by atoms with Gasteiger partial charge in [-0.3, -0.25) is 9.69 Å². The van der Waals surface area contributed by atoms with Crippen molar-refractivity contribution in [2.45, 2.75) is 19.4 Å².